The Labute approximate surface area is 105 Å². The molecule has 1 N–H and O–H groups in total. The van der Waals surface area contributed by atoms with Crippen molar-refractivity contribution in [2.45, 2.75) is 59.0 Å². The van der Waals surface area contributed by atoms with Crippen LogP contribution < -0.4 is 5.32 Å². The first kappa shape index (κ1) is 12.6. The molecule has 0 aliphatic heterocycles. The van der Waals surface area contributed by atoms with Gasteiger partial charge in [-0.15, -0.1) is 0 Å². The number of nitrogens with one attached hydrogen (secondary N) is 1. The van der Waals surface area contributed by atoms with Gasteiger partial charge in [-0.1, -0.05) is 6.92 Å². The van der Waals surface area contributed by atoms with Crippen LogP contribution in [0, 0.1) is 12.3 Å². The van der Waals surface area contributed by atoms with E-state index in [-0.39, 0.29) is 0 Å². The summed E-state index contributed by atoms with van der Waals surface area (Å²) < 4.78 is 2.16. The number of hydrogen-bond donors (Lipinski definition) is 1. The van der Waals surface area contributed by atoms with Gasteiger partial charge in [0.15, 0.2) is 0 Å². The van der Waals surface area contributed by atoms with Crippen molar-refractivity contribution in [2.75, 3.05) is 7.05 Å². The average molecular weight is 235 g/mol. The fourth-order valence-corrected chi connectivity index (χ4v) is 3.18. The van der Waals surface area contributed by atoms with Crippen LogP contribution in [0.1, 0.15) is 44.5 Å². The molecule has 0 spiro atoms. The second-order valence-corrected chi connectivity index (χ2v) is 5.81. The zero-order valence-corrected chi connectivity index (χ0v) is 11.6. The lowest BCUT2D eigenvalue weighted by Crippen LogP contribution is -2.25. The van der Waals surface area contributed by atoms with Crippen LogP contribution in [0.3, 0.4) is 0 Å². The summed E-state index contributed by atoms with van der Waals surface area (Å²) in [7, 11) is 2.08. The average Bonchev–Trinajstić information content (AvgIpc) is 2.82. The second-order valence-electron chi connectivity index (χ2n) is 5.81. The minimum Gasteiger partial charge on any atom is -0.317 e. The Morgan fingerprint density at radius 2 is 2.35 bits per heavy atom. The van der Waals surface area contributed by atoms with Crippen molar-refractivity contribution >= 4 is 0 Å². The van der Waals surface area contributed by atoms with Crippen molar-refractivity contribution in [1.29, 1.82) is 0 Å². The quantitative estimate of drug-likeness (QED) is 0.869. The molecule has 0 bridgehead atoms. The van der Waals surface area contributed by atoms with Gasteiger partial charge in [-0.3, -0.25) is 4.68 Å². The first-order valence-electron chi connectivity index (χ1n) is 6.77. The maximum absolute atomic E-state index is 4.54. The van der Waals surface area contributed by atoms with Gasteiger partial charge in [0.25, 0.3) is 0 Å². The Kier molecular flexibility index (Phi) is 3.57. The summed E-state index contributed by atoms with van der Waals surface area (Å²) in [5, 5.41) is 7.96. The summed E-state index contributed by atoms with van der Waals surface area (Å²) in [6.07, 6.45) is 5.09. The van der Waals surface area contributed by atoms with Crippen LogP contribution in [0.25, 0.3) is 0 Å². The van der Waals surface area contributed by atoms with Gasteiger partial charge >= 0.3 is 0 Å². The van der Waals surface area contributed by atoms with Gasteiger partial charge in [-0.05, 0) is 58.1 Å². The van der Waals surface area contributed by atoms with Crippen LogP contribution in [0.2, 0.25) is 0 Å². The van der Waals surface area contributed by atoms with Crippen molar-refractivity contribution in [1.82, 2.24) is 15.1 Å². The monoisotopic (exact) mass is 235 g/mol. The van der Waals surface area contributed by atoms with Crippen molar-refractivity contribution in [3.8, 4) is 0 Å². The van der Waals surface area contributed by atoms with Gasteiger partial charge in [-0.2, -0.15) is 5.10 Å². The molecular weight excluding hydrogens is 210 g/mol. The van der Waals surface area contributed by atoms with Crippen molar-refractivity contribution < 1.29 is 0 Å². The Bertz CT molecular complexity index is 383. The van der Waals surface area contributed by atoms with Crippen LogP contribution in [0.4, 0.5) is 0 Å². The molecule has 0 aromatic carbocycles. The van der Waals surface area contributed by atoms with E-state index in [1.807, 2.05) is 0 Å². The molecule has 1 aromatic rings. The van der Waals surface area contributed by atoms with Gasteiger partial charge in [0.05, 0.1) is 5.69 Å². The molecule has 96 valence electrons. The fraction of sp³-hybridized carbons (Fsp3) is 0.786. The molecular formula is C14H25N3. The van der Waals surface area contributed by atoms with Crippen LogP contribution in [-0.4, -0.2) is 22.9 Å². The zero-order valence-electron chi connectivity index (χ0n) is 11.6. The van der Waals surface area contributed by atoms with Crippen molar-refractivity contribution in [3.63, 3.8) is 0 Å². The second kappa shape index (κ2) is 4.81. The third kappa shape index (κ3) is 2.71. The summed E-state index contributed by atoms with van der Waals surface area (Å²) in [4.78, 5) is 0. The van der Waals surface area contributed by atoms with Crippen LogP contribution in [0.5, 0.6) is 0 Å². The fourth-order valence-electron chi connectivity index (χ4n) is 3.18. The Morgan fingerprint density at radius 3 is 2.94 bits per heavy atom. The molecule has 1 fully saturated rings. The molecule has 3 nitrogen and oxygen atoms in total. The van der Waals surface area contributed by atoms with Gasteiger partial charge in [0, 0.05) is 18.3 Å². The summed E-state index contributed by atoms with van der Waals surface area (Å²) in [5.41, 5.74) is 3.01. The lowest BCUT2D eigenvalue weighted by atomic mass is 9.83. The first-order chi connectivity index (χ1) is 8.06. The van der Waals surface area contributed by atoms with Crippen molar-refractivity contribution in [3.05, 3.63) is 17.5 Å². The zero-order chi connectivity index (χ0) is 12.5. The van der Waals surface area contributed by atoms with Gasteiger partial charge < -0.3 is 5.32 Å². The molecule has 2 atom stereocenters. The molecule has 3 heteroatoms. The smallest absolute Gasteiger partial charge is 0.0596 e. The molecule has 17 heavy (non-hydrogen) atoms. The SMILES string of the molecule is CCn1nc(C)cc1CC1(C)CCC(NC)C1. The molecule has 1 aliphatic carbocycles. The molecule has 1 aromatic heterocycles. The predicted octanol–water partition coefficient (Wildman–Crippen LogP) is 2.53. The Hall–Kier alpha value is -0.830. The highest BCUT2D eigenvalue weighted by atomic mass is 15.3. The highest BCUT2D eigenvalue weighted by Crippen LogP contribution is 2.40. The van der Waals surface area contributed by atoms with E-state index in [9.17, 15) is 0 Å². The molecule has 0 amide bonds. The summed E-state index contributed by atoms with van der Waals surface area (Å²) >= 11 is 0. The summed E-state index contributed by atoms with van der Waals surface area (Å²) in [6, 6.07) is 2.96. The van der Waals surface area contributed by atoms with Crippen LogP contribution in [-0.2, 0) is 13.0 Å². The van der Waals surface area contributed by atoms with Gasteiger partial charge in [0.1, 0.15) is 0 Å². The maximum Gasteiger partial charge on any atom is 0.0596 e. The molecule has 2 unspecified atom stereocenters. The minimum atomic E-state index is 0.451. The normalized spacial score (nSPS) is 28.8. The summed E-state index contributed by atoms with van der Waals surface area (Å²) in [6.45, 7) is 7.66. The van der Waals surface area contributed by atoms with E-state index >= 15 is 0 Å². The van der Waals surface area contributed by atoms with E-state index < -0.39 is 0 Å². The van der Waals surface area contributed by atoms with Crippen LogP contribution in [0.15, 0.2) is 6.07 Å². The standard InChI is InChI=1S/C14H25N3/c1-5-17-13(8-11(2)16-17)10-14(3)7-6-12(9-14)15-4/h8,12,15H,5-7,9-10H2,1-4H3. The predicted molar refractivity (Wildman–Crippen MR) is 71.1 cm³/mol. The highest BCUT2D eigenvalue weighted by molar-refractivity contribution is 5.12. The molecule has 0 saturated heterocycles. The maximum atomic E-state index is 4.54. The molecule has 1 heterocycles. The van der Waals surface area contributed by atoms with Gasteiger partial charge in [0.2, 0.25) is 0 Å². The largest absolute Gasteiger partial charge is 0.317 e. The van der Waals surface area contributed by atoms with E-state index in [4.69, 9.17) is 0 Å². The third-order valence-corrected chi connectivity index (χ3v) is 4.14. The van der Waals surface area contributed by atoms with E-state index in [1.165, 1.54) is 31.4 Å². The number of rotatable bonds is 4. The first-order valence-corrected chi connectivity index (χ1v) is 6.77. The lowest BCUT2D eigenvalue weighted by Gasteiger charge is -2.24. The van der Waals surface area contributed by atoms with Gasteiger partial charge in [-0.25, -0.2) is 0 Å². The van der Waals surface area contributed by atoms with E-state index in [0.717, 1.165) is 12.2 Å². The Balaban J connectivity index is 2.10. The van der Waals surface area contributed by atoms with E-state index in [1.54, 1.807) is 0 Å². The lowest BCUT2D eigenvalue weighted by molar-refractivity contribution is 0.314. The van der Waals surface area contributed by atoms with E-state index in [2.05, 4.69) is 49.0 Å². The molecule has 1 saturated carbocycles. The Morgan fingerprint density at radius 1 is 1.59 bits per heavy atom. The van der Waals surface area contributed by atoms with Crippen LogP contribution >= 0.6 is 0 Å². The summed E-state index contributed by atoms with van der Waals surface area (Å²) in [5.74, 6) is 0. The minimum absolute atomic E-state index is 0.451. The number of aryl methyl sites for hydroxylation is 2. The number of aromatic nitrogens is 2. The van der Waals surface area contributed by atoms with E-state index in [0.29, 0.717) is 11.5 Å². The highest BCUT2D eigenvalue weighted by Gasteiger charge is 2.35. The third-order valence-electron chi connectivity index (χ3n) is 4.14. The molecule has 0 radical (unpaired) electrons. The number of hydrogen-bond acceptors (Lipinski definition) is 2. The number of nitrogens with zero attached hydrogens (tertiary/aromatic N) is 2. The topological polar surface area (TPSA) is 29.9 Å². The molecule has 1 aliphatic rings. The molecule has 2 rings (SSSR count). The van der Waals surface area contributed by atoms with Crippen molar-refractivity contribution in [2.24, 2.45) is 5.41 Å².